The van der Waals surface area contributed by atoms with Crippen molar-refractivity contribution in [1.29, 1.82) is 0 Å². The highest BCUT2D eigenvalue weighted by molar-refractivity contribution is 7.09. The number of morpholine rings is 1. The third-order valence-corrected chi connectivity index (χ3v) is 4.81. The van der Waals surface area contributed by atoms with Gasteiger partial charge in [-0.1, -0.05) is 13.8 Å². The van der Waals surface area contributed by atoms with Crippen LogP contribution in [0.2, 0.25) is 0 Å². The third-order valence-electron chi connectivity index (χ3n) is 3.85. The second-order valence-electron chi connectivity index (χ2n) is 5.79. The Labute approximate surface area is 137 Å². The van der Waals surface area contributed by atoms with Crippen LogP contribution in [0.3, 0.4) is 0 Å². The molecular weight excluding hydrogens is 314 g/mol. The second kappa shape index (κ2) is 5.82. The van der Waals surface area contributed by atoms with Crippen LogP contribution in [0.4, 0.5) is 5.82 Å². The number of thiazole rings is 1. The molecule has 1 saturated heterocycles. The van der Waals surface area contributed by atoms with E-state index in [-0.39, 0.29) is 6.10 Å². The van der Waals surface area contributed by atoms with E-state index in [1.165, 1.54) is 4.63 Å². The average molecular weight is 331 g/mol. The topological polar surface area (TPSA) is 81.3 Å². The Balaban J connectivity index is 1.55. The molecule has 3 aromatic heterocycles. The van der Waals surface area contributed by atoms with E-state index in [9.17, 15) is 0 Å². The number of ether oxygens (including phenoxy) is 1. The van der Waals surface area contributed by atoms with Gasteiger partial charge in [0.2, 0.25) is 0 Å². The van der Waals surface area contributed by atoms with E-state index in [0.29, 0.717) is 18.2 Å². The molecule has 0 aromatic carbocycles. The van der Waals surface area contributed by atoms with Crippen molar-refractivity contribution >= 4 is 22.8 Å². The number of tetrazole rings is 1. The molecule has 23 heavy (non-hydrogen) atoms. The number of hydrogen-bond acceptors (Lipinski definition) is 8. The second-order valence-corrected chi connectivity index (χ2v) is 6.68. The standard InChI is InChI=1S/C14H17N7OS/c1-9(2)10-8-23-14(15-10)11-7-20(5-6-22-11)13-4-3-12-16-18-19-21(12)17-13/h3-4,8-9,11H,5-7H2,1-2H3. The molecule has 4 heterocycles. The number of hydrogen-bond donors (Lipinski definition) is 0. The minimum absolute atomic E-state index is 0.0207. The van der Waals surface area contributed by atoms with Crippen LogP contribution in [0.1, 0.15) is 36.6 Å². The Morgan fingerprint density at radius 1 is 1.35 bits per heavy atom. The highest BCUT2D eigenvalue weighted by atomic mass is 32.1. The normalized spacial score (nSPS) is 18.9. The molecule has 1 aliphatic heterocycles. The Hall–Kier alpha value is -2.13. The van der Waals surface area contributed by atoms with Crippen molar-refractivity contribution in [3.05, 3.63) is 28.2 Å². The Morgan fingerprint density at radius 2 is 2.26 bits per heavy atom. The van der Waals surface area contributed by atoms with Gasteiger partial charge in [0.15, 0.2) is 11.5 Å². The molecule has 0 bridgehead atoms. The zero-order valence-corrected chi connectivity index (χ0v) is 13.8. The lowest BCUT2D eigenvalue weighted by molar-refractivity contribution is 0.0392. The molecule has 0 radical (unpaired) electrons. The number of fused-ring (bicyclic) bond motifs is 1. The number of rotatable bonds is 3. The SMILES string of the molecule is CC(C)c1csc(C2CN(c3ccc4nnnn4n3)CCO2)n1. The first-order chi connectivity index (χ1) is 11.2. The zero-order valence-electron chi connectivity index (χ0n) is 13.0. The fourth-order valence-corrected chi connectivity index (χ4v) is 3.55. The van der Waals surface area contributed by atoms with Crippen LogP contribution >= 0.6 is 11.3 Å². The van der Waals surface area contributed by atoms with Crippen LogP contribution in [-0.4, -0.2) is 49.9 Å². The van der Waals surface area contributed by atoms with Crippen molar-refractivity contribution < 1.29 is 4.74 Å². The van der Waals surface area contributed by atoms with E-state index in [1.54, 1.807) is 11.3 Å². The van der Waals surface area contributed by atoms with Gasteiger partial charge in [0, 0.05) is 11.9 Å². The minimum Gasteiger partial charge on any atom is -0.367 e. The first kappa shape index (κ1) is 14.5. The van der Waals surface area contributed by atoms with E-state index in [1.807, 2.05) is 12.1 Å². The van der Waals surface area contributed by atoms with Gasteiger partial charge in [-0.3, -0.25) is 0 Å². The van der Waals surface area contributed by atoms with E-state index in [4.69, 9.17) is 9.72 Å². The molecule has 1 atom stereocenters. The van der Waals surface area contributed by atoms with Gasteiger partial charge in [0.05, 0.1) is 18.8 Å². The average Bonchev–Trinajstić information content (AvgIpc) is 3.23. The molecular formula is C14H17N7OS. The largest absolute Gasteiger partial charge is 0.367 e. The monoisotopic (exact) mass is 331 g/mol. The zero-order chi connectivity index (χ0) is 15.8. The quantitative estimate of drug-likeness (QED) is 0.722. The molecule has 0 spiro atoms. The van der Waals surface area contributed by atoms with E-state index in [0.717, 1.165) is 29.6 Å². The van der Waals surface area contributed by atoms with E-state index >= 15 is 0 Å². The highest BCUT2D eigenvalue weighted by Gasteiger charge is 2.26. The molecule has 0 saturated carbocycles. The van der Waals surface area contributed by atoms with Gasteiger partial charge < -0.3 is 9.64 Å². The van der Waals surface area contributed by atoms with Gasteiger partial charge in [0.25, 0.3) is 0 Å². The first-order valence-electron chi connectivity index (χ1n) is 7.58. The molecule has 0 amide bonds. The van der Waals surface area contributed by atoms with Crippen LogP contribution in [0.25, 0.3) is 5.65 Å². The fraction of sp³-hybridized carbons (Fsp3) is 0.500. The predicted octanol–water partition coefficient (Wildman–Crippen LogP) is 1.68. The van der Waals surface area contributed by atoms with Crippen molar-refractivity contribution in [2.24, 2.45) is 0 Å². The van der Waals surface area contributed by atoms with Crippen LogP contribution in [0.5, 0.6) is 0 Å². The summed E-state index contributed by atoms with van der Waals surface area (Å²) in [4.78, 5) is 6.90. The maximum Gasteiger partial charge on any atom is 0.200 e. The molecule has 0 N–H and O–H groups in total. The van der Waals surface area contributed by atoms with Crippen molar-refractivity contribution in [2.45, 2.75) is 25.9 Å². The molecule has 1 aliphatic rings. The van der Waals surface area contributed by atoms with Gasteiger partial charge in [0.1, 0.15) is 11.1 Å². The summed E-state index contributed by atoms with van der Waals surface area (Å²) in [6, 6.07) is 3.81. The van der Waals surface area contributed by atoms with Crippen LogP contribution in [0, 0.1) is 0 Å². The van der Waals surface area contributed by atoms with Crippen LogP contribution in [-0.2, 0) is 4.74 Å². The summed E-state index contributed by atoms with van der Waals surface area (Å²) >= 11 is 1.66. The summed E-state index contributed by atoms with van der Waals surface area (Å²) in [5, 5.41) is 18.9. The summed E-state index contributed by atoms with van der Waals surface area (Å²) < 4.78 is 7.36. The molecule has 1 unspecified atom stereocenters. The molecule has 1 fully saturated rings. The van der Waals surface area contributed by atoms with Gasteiger partial charge >= 0.3 is 0 Å². The Morgan fingerprint density at radius 3 is 3.09 bits per heavy atom. The summed E-state index contributed by atoms with van der Waals surface area (Å²) in [5.74, 6) is 1.28. The molecule has 3 aromatic rings. The molecule has 0 aliphatic carbocycles. The number of aromatic nitrogens is 6. The number of anilines is 1. The highest BCUT2D eigenvalue weighted by Crippen LogP contribution is 2.29. The molecule has 120 valence electrons. The van der Waals surface area contributed by atoms with Crippen LogP contribution in [0.15, 0.2) is 17.5 Å². The lowest BCUT2D eigenvalue weighted by Gasteiger charge is -2.32. The minimum atomic E-state index is -0.0207. The van der Waals surface area contributed by atoms with Crippen molar-refractivity contribution in [3.8, 4) is 0 Å². The van der Waals surface area contributed by atoms with Gasteiger partial charge in [-0.05, 0) is 28.5 Å². The van der Waals surface area contributed by atoms with Crippen molar-refractivity contribution in [3.63, 3.8) is 0 Å². The summed E-state index contributed by atoms with van der Waals surface area (Å²) in [6.07, 6.45) is -0.0207. The van der Waals surface area contributed by atoms with Crippen LogP contribution < -0.4 is 4.90 Å². The number of nitrogens with zero attached hydrogens (tertiary/aromatic N) is 7. The smallest absolute Gasteiger partial charge is 0.200 e. The summed E-state index contributed by atoms with van der Waals surface area (Å²) in [7, 11) is 0. The van der Waals surface area contributed by atoms with E-state index in [2.05, 4.69) is 44.8 Å². The summed E-state index contributed by atoms with van der Waals surface area (Å²) in [5.41, 5.74) is 1.76. The van der Waals surface area contributed by atoms with Gasteiger partial charge in [-0.15, -0.1) is 26.2 Å². The maximum absolute atomic E-state index is 5.91. The Kier molecular flexibility index (Phi) is 3.66. The fourth-order valence-electron chi connectivity index (χ4n) is 2.53. The first-order valence-corrected chi connectivity index (χ1v) is 8.46. The van der Waals surface area contributed by atoms with Crippen molar-refractivity contribution in [2.75, 3.05) is 24.6 Å². The molecule has 9 heteroatoms. The lowest BCUT2D eigenvalue weighted by Crippen LogP contribution is -2.39. The van der Waals surface area contributed by atoms with Gasteiger partial charge in [-0.2, -0.15) is 0 Å². The third kappa shape index (κ3) is 2.77. The van der Waals surface area contributed by atoms with Crippen molar-refractivity contribution in [1.82, 2.24) is 30.2 Å². The Bertz CT molecular complexity index is 814. The molecule has 8 nitrogen and oxygen atoms in total. The maximum atomic E-state index is 5.91. The van der Waals surface area contributed by atoms with Gasteiger partial charge in [-0.25, -0.2) is 4.98 Å². The molecule has 4 rings (SSSR count). The predicted molar refractivity (Wildman–Crippen MR) is 85.7 cm³/mol. The lowest BCUT2D eigenvalue weighted by atomic mass is 10.2. The summed E-state index contributed by atoms with van der Waals surface area (Å²) in [6.45, 7) is 6.47. The van der Waals surface area contributed by atoms with E-state index < -0.39 is 0 Å².